The van der Waals surface area contributed by atoms with Gasteiger partial charge in [-0.15, -0.1) is 0 Å². The Bertz CT molecular complexity index is 868. The zero-order valence-electron chi connectivity index (χ0n) is 10.9. The lowest BCUT2D eigenvalue weighted by molar-refractivity contribution is 0.629. The number of nitrogens with zero attached hydrogens (tertiary/aromatic N) is 1. The van der Waals surface area contributed by atoms with Crippen LogP contribution >= 0.6 is 0 Å². The molecule has 3 nitrogen and oxygen atoms in total. The van der Waals surface area contributed by atoms with Crippen LogP contribution in [0.15, 0.2) is 53.5 Å². The van der Waals surface area contributed by atoms with Gasteiger partial charge in [0.2, 0.25) is 0 Å². The van der Waals surface area contributed by atoms with Gasteiger partial charge in [0.05, 0.1) is 5.39 Å². The molecule has 0 radical (unpaired) electrons. The molecule has 0 aliphatic heterocycles. The van der Waals surface area contributed by atoms with Crippen LogP contribution in [0.5, 0.6) is 0 Å². The molecule has 2 N–H and O–H groups in total. The van der Waals surface area contributed by atoms with Crippen LogP contribution in [-0.4, -0.2) is 4.57 Å². The molecule has 0 atom stereocenters. The third kappa shape index (κ3) is 1.95. The first-order chi connectivity index (χ1) is 9.56. The van der Waals surface area contributed by atoms with E-state index in [2.05, 4.69) is 0 Å². The fourth-order valence-electron chi connectivity index (χ4n) is 2.38. The maximum Gasteiger partial charge on any atom is 0.258 e. The van der Waals surface area contributed by atoms with Crippen molar-refractivity contribution in [1.29, 1.82) is 0 Å². The number of nitrogens with two attached hydrogens (primary N) is 1. The molecule has 0 unspecified atom stereocenters. The zero-order valence-corrected chi connectivity index (χ0v) is 10.9. The summed E-state index contributed by atoms with van der Waals surface area (Å²) in [5.74, 6) is -0.417. The highest BCUT2D eigenvalue weighted by molar-refractivity contribution is 5.96. The van der Waals surface area contributed by atoms with E-state index >= 15 is 0 Å². The van der Waals surface area contributed by atoms with E-state index in [1.807, 2.05) is 18.2 Å². The molecular weight excluding hydrogens is 255 g/mol. The van der Waals surface area contributed by atoms with E-state index in [4.69, 9.17) is 5.73 Å². The van der Waals surface area contributed by atoms with Crippen LogP contribution in [0.3, 0.4) is 0 Å². The van der Waals surface area contributed by atoms with E-state index in [1.165, 1.54) is 16.7 Å². The minimum atomic E-state index is -0.417. The third-order valence-corrected chi connectivity index (χ3v) is 3.34. The van der Waals surface area contributed by atoms with Gasteiger partial charge in [0, 0.05) is 24.5 Å². The summed E-state index contributed by atoms with van der Waals surface area (Å²) in [5, 5.41) is 1.09. The Morgan fingerprint density at radius 2 is 1.90 bits per heavy atom. The second-order valence-corrected chi connectivity index (χ2v) is 4.77. The summed E-state index contributed by atoms with van der Waals surface area (Å²) in [5.41, 5.74) is 7.99. The van der Waals surface area contributed by atoms with E-state index < -0.39 is 5.82 Å². The maximum atomic E-state index is 13.4. The van der Waals surface area contributed by atoms with Crippen LogP contribution in [0.25, 0.3) is 21.9 Å². The number of halogens is 1. The SMILES string of the molecule is Cn1cc(-c2cccc(N)c2)c2ccc(F)cc2c1=O. The molecule has 3 rings (SSSR count). The van der Waals surface area contributed by atoms with Crippen molar-refractivity contribution >= 4 is 16.5 Å². The molecule has 0 aliphatic carbocycles. The molecular formula is C16H13FN2O. The van der Waals surface area contributed by atoms with Gasteiger partial charge in [0.15, 0.2) is 0 Å². The second-order valence-electron chi connectivity index (χ2n) is 4.77. The first-order valence-electron chi connectivity index (χ1n) is 6.21. The first kappa shape index (κ1) is 12.4. The molecule has 0 saturated carbocycles. The Labute approximate surface area is 115 Å². The normalized spacial score (nSPS) is 10.9. The van der Waals surface area contributed by atoms with E-state index in [1.54, 1.807) is 25.4 Å². The Morgan fingerprint density at radius 3 is 2.65 bits per heavy atom. The summed E-state index contributed by atoms with van der Waals surface area (Å²) in [4.78, 5) is 12.1. The summed E-state index contributed by atoms with van der Waals surface area (Å²) in [6.45, 7) is 0. The zero-order chi connectivity index (χ0) is 14.3. The highest BCUT2D eigenvalue weighted by Gasteiger charge is 2.10. The highest BCUT2D eigenvalue weighted by Crippen LogP contribution is 2.28. The predicted molar refractivity (Wildman–Crippen MR) is 79.0 cm³/mol. The fraction of sp³-hybridized carbons (Fsp3) is 0.0625. The van der Waals surface area contributed by atoms with Gasteiger partial charge in [-0.3, -0.25) is 4.79 Å². The number of fused-ring (bicyclic) bond motifs is 1. The Morgan fingerprint density at radius 1 is 1.10 bits per heavy atom. The average Bonchev–Trinajstić information content (AvgIpc) is 2.43. The van der Waals surface area contributed by atoms with Crippen molar-refractivity contribution in [2.75, 3.05) is 5.73 Å². The molecule has 20 heavy (non-hydrogen) atoms. The number of anilines is 1. The van der Waals surface area contributed by atoms with Gasteiger partial charge >= 0.3 is 0 Å². The topological polar surface area (TPSA) is 48.0 Å². The summed E-state index contributed by atoms with van der Waals surface area (Å²) in [6, 6.07) is 11.7. The van der Waals surface area contributed by atoms with Crippen molar-refractivity contribution < 1.29 is 4.39 Å². The van der Waals surface area contributed by atoms with Gasteiger partial charge < -0.3 is 10.3 Å². The third-order valence-electron chi connectivity index (χ3n) is 3.34. The van der Waals surface area contributed by atoms with Gasteiger partial charge in [0.1, 0.15) is 5.82 Å². The van der Waals surface area contributed by atoms with E-state index in [9.17, 15) is 9.18 Å². The lowest BCUT2D eigenvalue weighted by atomic mass is 10.00. The van der Waals surface area contributed by atoms with Crippen molar-refractivity contribution in [3.63, 3.8) is 0 Å². The molecule has 2 aromatic carbocycles. The summed E-state index contributed by atoms with van der Waals surface area (Å²) >= 11 is 0. The van der Waals surface area contributed by atoms with Crippen LogP contribution in [0.4, 0.5) is 10.1 Å². The van der Waals surface area contributed by atoms with Crippen molar-refractivity contribution in [3.05, 3.63) is 64.8 Å². The minimum absolute atomic E-state index is 0.216. The van der Waals surface area contributed by atoms with Gasteiger partial charge in [-0.05, 0) is 35.2 Å². The Balaban J connectivity index is 2.42. The smallest absolute Gasteiger partial charge is 0.258 e. The number of rotatable bonds is 1. The monoisotopic (exact) mass is 268 g/mol. The number of pyridine rings is 1. The van der Waals surface area contributed by atoms with Crippen molar-refractivity contribution in [1.82, 2.24) is 4.57 Å². The largest absolute Gasteiger partial charge is 0.399 e. The van der Waals surface area contributed by atoms with Gasteiger partial charge in [0.25, 0.3) is 5.56 Å². The average molecular weight is 268 g/mol. The molecule has 0 bridgehead atoms. The van der Waals surface area contributed by atoms with Crippen molar-refractivity contribution in [3.8, 4) is 11.1 Å². The Kier molecular flexibility index (Phi) is 2.79. The van der Waals surface area contributed by atoms with Gasteiger partial charge in [-0.1, -0.05) is 18.2 Å². The molecule has 0 spiro atoms. The minimum Gasteiger partial charge on any atom is -0.399 e. The fourth-order valence-corrected chi connectivity index (χ4v) is 2.38. The lowest BCUT2D eigenvalue weighted by Crippen LogP contribution is -2.16. The summed E-state index contributed by atoms with van der Waals surface area (Å²) in [6.07, 6.45) is 1.75. The van der Waals surface area contributed by atoms with Crippen LogP contribution in [-0.2, 0) is 7.05 Å². The van der Waals surface area contributed by atoms with Crippen LogP contribution in [0, 0.1) is 5.82 Å². The molecule has 0 saturated heterocycles. The molecule has 100 valence electrons. The number of aryl methyl sites for hydroxylation is 1. The predicted octanol–water partition coefficient (Wildman–Crippen LogP) is 2.93. The standard InChI is InChI=1S/C16H13FN2O/c1-19-9-15(10-3-2-4-12(18)7-10)13-6-5-11(17)8-14(13)16(19)20/h2-9H,18H2,1H3. The Hall–Kier alpha value is -2.62. The van der Waals surface area contributed by atoms with E-state index in [0.717, 1.165) is 16.5 Å². The van der Waals surface area contributed by atoms with E-state index in [-0.39, 0.29) is 5.56 Å². The number of hydrogen-bond donors (Lipinski definition) is 1. The lowest BCUT2D eigenvalue weighted by Gasteiger charge is -2.10. The number of nitrogen functional groups attached to an aromatic ring is 1. The summed E-state index contributed by atoms with van der Waals surface area (Å²) < 4.78 is 14.8. The quantitative estimate of drug-likeness (QED) is 0.690. The number of aromatic nitrogens is 1. The van der Waals surface area contributed by atoms with Crippen LogP contribution < -0.4 is 11.3 Å². The van der Waals surface area contributed by atoms with Gasteiger partial charge in [-0.2, -0.15) is 0 Å². The van der Waals surface area contributed by atoms with Crippen LogP contribution in [0.1, 0.15) is 0 Å². The van der Waals surface area contributed by atoms with Crippen LogP contribution in [0.2, 0.25) is 0 Å². The molecule has 1 heterocycles. The van der Waals surface area contributed by atoms with Crippen molar-refractivity contribution in [2.24, 2.45) is 7.05 Å². The summed E-state index contributed by atoms with van der Waals surface area (Å²) in [7, 11) is 1.66. The molecule has 0 fully saturated rings. The first-order valence-corrected chi connectivity index (χ1v) is 6.21. The molecule has 1 aromatic heterocycles. The number of hydrogen-bond acceptors (Lipinski definition) is 2. The second kappa shape index (κ2) is 4.49. The van der Waals surface area contributed by atoms with E-state index in [0.29, 0.717) is 11.1 Å². The molecule has 4 heteroatoms. The molecule has 0 aliphatic rings. The molecule has 3 aromatic rings. The highest BCUT2D eigenvalue weighted by atomic mass is 19.1. The molecule has 0 amide bonds. The number of benzene rings is 2. The van der Waals surface area contributed by atoms with Crippen molar-refractivity contribution in [2.45, 2.75) is 0 Å². The van der Waals surface area contributed by atoms with Gasteiger partial charge in [-0.25, -0.2) is 4.39 Å². The maximum absolute atomic E-state index is 13.4.